The van der Waals surface area contributed by atoms with Crippen molar-refractivity contribution in [1.82, 2.24) is 16.0 Å². The Labute approximate surface area is 241 Å². The van der Waals surface area contributed by atoms with Gasteiger partial charge < -0.3 is 78.6 Å². The lowest BCUT2D eigenvalue weighted by atomic mass is 9.72. The second-order valence-electron chi connectivity index (χ2n) is 11.8. The van der Waals surface area contributed by atoms with E-state index in [9.17, 15) is 25.5 Å². The third-order valence-electron chi connectivity index (χ3n) is 8.35. The van der Waals surface area contributed by atoms with Gasteiger partial charge in [0, 0.05) is 43.7 Å². The highest BCUT2D eigenvalue weighted by Crippen LogP contribution is 2.36. The van der Waals surface area contributed by atoms with Crippen molar-refractivity contribution in [2.75, 3.05) is 46.4 Å². The Morgan fingerprint density at radius 1 is 1.12 bits per heavy atom. The number of hydrogen-bond donors (Lipinski definition) is 12. The molecule has 1 aliphatic carbocycles. The Morgan fingerprint density at radius 2 is 1.85 bits per heavy atom. The largest absolute Gasteiger partial charge is 0.492 e. The van der Waals surface area contributed by atoms with Gasteiger partial charge in [-0.1, -0.05) is 0 Å². The number of ether oxygens (including phenoxy) is 3. The van der Waals surface area contributed by atoms with Gasteiger partial charge in [-0.15, -0.1) is 0 Å². The van der Waals surface area contributed by atoms with E-state index in [0.29, 0.717) is 44.7 Å². The SMILES string of the molecule is CNC1C(O)C(OC2C(NCC(O)CN)CC(N)C(C3OC(CNCC(O)CCN)=CCC3N)C2O)OCC1(C)O. The smallest absolute Gasteiger partial charge is 0.185 e. The first-order valence-electron chi connectivity index (χ1n) is 14.5. The molecule has 2 aliphatic heterocycles. The average molecular weight is 592 g/mol. The zero-order valence-corrected chi connectivity index (χ0v) is 24.1. The Balaban J connectivity index is 1.76. The van der Waals surface area contributed by atoms with Gasteiger partial charge in [-0.3, -0.25) is 0 Å². The first-order valence-corrected chi connectivity index (χ1v) is 14.5. The molecule has 0 radical (unpaired) electrons. The summed E-state index contributed by atoms with van der Waals surface area (Å²) in [5, 5.41) is 62.6. The predicted molar refractivity (Wildman–Crippen MR) is 151 cm³/mol. The molecule has 0 aromatic carbocycles. The minimum absolute atomic E-state index is 0.0447. The van der Waals surface area contributed by atoms with E-state index < -0.39 is 78.6 Å². The Bertz CT molecular complexity index is 827. The van der Waals surface area contributed by atoms with Crippen molar-refractivity contribution in [3.63, 3.8) is 0 Å². The molecule has 2 heterocycles. The lowest BCUT2D eigenvalue weighted by Gasteiger charge is -2.50. The maximum atomic E-state index is 11.7. The summed E-state index contributed by atoms with van der Waals surface area (Å²) >= 11 is 0. The minimum Gasteiger partial charge on any atom is -0.492 e. The molecule has 0 aromatic rings. The van der Waals surface area contributed by atoms with Crippen molar-refractivity contribution in [3.05, 3.63) is 11.8 Å². The number of aliphatic hydroxyl groups excluding tert-OH is 4. The Kier molecular flexibility index (Phi) is 13.1. The number of aliphatic hydroxyl groups is 5. The van der Waals surface area contributed by atoms with E-state index in [4.69, 9.17) is 37.1 Å². The molecule has 3 rings (SSSR count). The van der Waals surface area contributed by atoms with Gasteiger partial charge in [-0.2, -0.15) is 0 Å². The van der Waals surface area contributed by atoms with Crippen molar-refractivity contribution >= 4 is 0 Å². The summed E-state index contributed by atoms with van der Waals surface area (Å²) in [6, 6.07) is -2.26. The second kappa shape index (κ2) is 15.6. The van der Waals surface area contributed by atoms with Crippen molar-refractivity contribution < 1.29 is 39.7 Å². The van der Waals surface area contributed by atoms with Crippen molar-refractivity contribution in [2.45, 2.75) is 98.9 Å². The number of hydrogen-bond acceptors (Lipinski definition) is 15. The highest BCUT2D eigenvalue weighted by atomic mass is 16.7. The van der Waals surface area contributed by atoms with E-state index in [2.05, 4.69) is 16.0 Å². The van der Waals surface area contributed by atoms with Gasteiger partial charge in [0.2, 0.25) is 0 Å². The van der Waals surface area contributed by atoms with Gasteiger partial charge in [0.25, 0.3) is 0 Å². The molecule has 1 saturated heterocycles. The highest BCUT2D eigenvalue weighted by Gasteiger charge is 2.53. The zero-order valence-electron chi connectivity index (χ0n) is 24.1. The molecule has 13 atom stereocenters. The van der Waals surface area contributed by atoms with Gasteiger partial charge in [0.1, 0.15) is 29.7 Å². The molecule has 0 aromatic heterocycles. The first-order chi connectivity index (χ1) is 19.4. The maximum Gasteiger partial charge on any atom is 0.185 e. The van der Waals surface area contributed by atoms with Crippen LogP contribution in [0.5, 0.6) is 0 Å². The molecule has 16 N–H and O–H groups in total. The van der Waals surface area contributed by atoms with Crippen LogP contribution in [0.4, 0.5) is 0 Å². The molecule has 1 saturated carbocycles. The third kappa shape index (κ3) is 8.77. The summed E-state index contributed by atoms with van der Waals surface area (Å²) in [5.74, 6) is -0.00656. The van der Waals surface area contributed by atoms with Gasteiger partial charge in [-0.05, 0) is 45.9 Å². The van der Waals surface area contributed by atoms with Crippen LogP contribution in [0.1, 0.15) is 26.2 Å². The summed E-state index contributed by atoms with van der Waals surface area (Å²) in [7, 11) is 1.62. The number of nitrogens with two attached hydrogens (primary N) is 4. The molecule has 15 nitrogen and oxygen atoms in total. The van der Waals surface area contributed by atoms with Crippen LogP contribution < -0.4 is 38.9 Å². The van der Waals surface area contributed by atoms with Crippen molar-refractivity contribution in [2.24, 2.45) is 28.9 Å². The van der Waals surface area contributed by atoms with Crippen LogP contribution >= 0.6 is 0 Å². The van der Waals surface area contributed by atoms with E-state index in [1.54, 1.807) is 14.0 Å². The topological polar surface area (TPSA) is 269 Å². The second-order valence-corrected chi connectivity index (χ2v) is 11.8. The third-order valence-corrected chi connectivity index (χ3v) is 8.35. The van der Waals surface area contributed by atoms with Gasteiger partial charge >= 0.3 is 0 Å². The molecule has 240 valence electrons. The van der Waals surface area contributed by atoms with E-state index >= 15 is 0 Å². The van der Waals surface area contributed by atoms with Crippen LogP contribution in [0.2, 0.25) is 0 Å². The zero-order chi connectivity index (χ0) is 30.3. The number of nitrogens with one attached hydrogen (secondary N) is 3. The number of likely N-dealkylation sites (N-methyl/N-ethyl adjacent to an activating group) is 1. The number of rotatable bonds is 14. The summed E-state index contributed by atoms with van der Waals surface area (Å²) in [6.45, 7) is 2.73. The molecule has 0 spiro atoms. The van der Waals surface area contributed by atoms with Gasteiger partial charge in [-0.25, -0.2) is 0 Å². The fourth-order valence-corrected chi connectivity index (χ4v) is 6.05. The van der Waals surface area contributed by atoms with Crippen molar-refractivity contribution in [3.8, 4) is 0 Å². The summed E-state index contributed by atoms with van der Waals surface area (Å²) in [4.78, 5) is 0. The molecule has 13 unspecified atom stereocenters. The predicted octanol–water partition coefficient (Wildman–Crippen LogP) is -5.29. The molecular weight excluding hydrogens is 538 g/mol. The van der Waals surface area contributed by atoms with Crippen LogP contribution in [0.15, 0.2) is 11.8 Å². The van der Waals surface area contributed by atoms with Crippen LogP contribution in [0.3, 0.4) is 0 Å². The van der Waals surface area contributed by atoms with E-state index in [-0.39, 0.29) is 19.7 Å². The molecule has 3 aliphatic rings. The van der Waals surface area contributed by atoms with Crippen LogP contribution in [-0.2, 0) is 14.2 Å². The lowest BCUT2D eigenvalue weighted by molar-refractivity contribution is -0.298. The monoisotopic (exact) mass is 591 g/mol. The lowest BCUT2D eigenvalue weighted by Crippen LogP contribution is -2.69. The van der Waals surface area contributed by atoms with Gasteiger partial charge in [0.05, 0.1) is 37.5 Å². The molecular formula is C26H53N7O8. The summed E-state index contributed by atoms with van der Waals surface area (Å²) in [5.41, 5.74) is 22.8. The average Bonchev–Trinajstić information content (AvgIpc) is 2.92. The maximum absolute atomic E-state index is 11.7. The van der Waals surface area contributed by atoms with Crippen LogP contribution in [0, 0.1) is 5.92 Å². The van der Waals surface area contributed by atoms with E-state index in [1.165, 1.54) is 0 Å². The molecule has 0 bridgehead atoms. The van der Waals surface area contributed by atoms with E-state index in [0.717, 1.165) is 0 Å². The Morgan fingerprint density at radius 3 is 2.51 bits per heavy atom. The minimum atomic E-state index is -1.34. The fourth-order valence-electron chi connectivity index (χ4n) is 6.05. The summed E-state index contributed by atoms with van der Waals surface area (Å²) in [6.07, 6.45) is -3.35. The molecule has 41 heavy (non-hydrogen) atoms. The normalized spacial score (nSPS) is 41.4. The van der Waals surface area contributed by atoms with Gasteiger partial charge in [0.15, 0.2) is 6.29 Å². The van der Waals surface area contributed by atoms with Crippen LogP contribution in [-0.4, -0.2) is 145 Å². The molecule has 0 amide bonds. The standard InChI is InChI=1S/C26H53N7O8/c1-26(38)12-39-25(21(37)24(26)31-2)41-23-18(33-10-14(35)8-28)7-17(30)19(20(23)36)22-16(29)4-3-15(40-22)11-32-9-13(34)5-6-27/h3,13-14,16-25,31-38H,4-12,27-30H2,1-2H3. The fraction of sp³-hybridized carbons (Fsp3) is 0.923. The quantitative estimate of drug-likeness (QED) is 0.0899. The van der Waals surface area contributed by atoms with Crippen LogP contribution in [0.25, 0.3) is 0 Å². The Hall–Kier alpha value is -1.02. The highest BCUT2D eigenvalue weighted by molar-refractivity contribution is 5.10. The molecule has 15 heteroatoms. The first kappa shape index (κ1) is 34.5. The van der Waals surface area contributed by atoms with Crippen molar-refractivity contribution in [1.29, 1.82) is 0 Å². The van der Waals surface area contributed by atoms with E-state index in [1.807, 2.05) is 6.08 Å². The summed E-state index contributed by atoms with van der Waals surface area (Å²) < 4.78 is 18.2. The molecule has 2 fully saturated rings.